The molecular weight excluding hydrogens is 584 g/mol. The van der Waals surface area contributed by atoms with E-state index in [2.05, 4.69) is 20.6 Å². The molecule has 0 radical (unpaired) electrons. The highest BCUT2D eigenvalue weighted by atomic mass is 35.5. The van der Waals surface area contributed by atoms with Gasteiger partial charge in [0.25, 0.3) is 5.56 Å². The number of hydrogen-bond donors (Lipinski definition) is 2. The second-order valence-corrected chi connectivity index (χ2v) is 10.1. The summed E-state index contributed by atoms with van der Waals surface area (Å²) in [6, 6.07) is 9.38. The summed E-state index contributed by atoms with van der Waals surface area (Å²) in [5.74, 6) is -0.229. The number of benzene rings is 2. The maximum Gasteiger partial charge on any atom is 0.417 e. The number of nitrogens with one attached hydrogen (secondary N) is 2. The normalized spacial score (nSPS) is 11.6. The van der Waals surface area contributed by atoms with Crippen LogP contribution in [0.2, 0.25) is 10.0 Å². The van der Waals surface area contributed by atoms with Gasteiger partial charge < -0.3 is 20.4 Å². The van der Waals surface area contributed by atoms with Gasteiger partial charge in [-0.2, -0.15) is 18.2 Å². The predicted octanol–water partition coefficient (Wildman–Crippen LogP) is 5.00. The van der Waals surface area contributed by atoms with E-state index in [1.165, 1.54) is 25.3 Å². The standard InChI is InChI=1S/C27H25Cl2F3N6O3/c1-37(2)9-8-33-26-34-14-16-12-19(25(40)38(41-3)24(16)36-26)18-6-5-17(13-22(18)29)35-23(39)11-15-4-7-21(28)20(10-15)27(30,31)32/h4-7,10,12-14H,8-9,11H2,1-3H3,(H,35,39)(H,33,34,36). The average molecular weight is 609 g/mol. The average Bonchev–Trinajstić information content (AvgIpc) is 2.89. The quantitative estimate of drug-likeness (QED) is 0.276. The predicted molar refractivity (Wildman–Crippen MR) is 153 cm³/mol. The van der Waals surface area contributed by atoms with Crippen LogP contribution in [0.25, 0.3) is 22.2 Å². The minimum absolute atomic E-state index is 0.136. The molecule has 0 unspecified atom stereocenters. The van der Waals surface area contributed by atoms with E-state index in [1.54, 1.807) is 18.3 Å². The van der Waals surface area contributed by atoms with Crippen LogP contribution in [0.4, 0.5) is 24.8 Å². The number of alkyl halides is 3. The van der Waals surface area contributed by atoms with Crippen LogP contribution in [0.3, 0.4) is 0 Å². The van der Waals surface area contributed by atoms with Gasteiger partial charge in [0, 0.05) is 35.9 Å². The summed E-state index contributed by atoms with van der Waals surface area (Å²) in [6.07, 6.45) is -3.41. The number of anilines is 2. The molecule has 0 bridgehead atoms. The molecule has 14 heteroatoms. The lowest BCUT2D eigenvalue weighted by Gasteiger charge is -2.14. The molecule has 0 aliphatic heterocycles. The summed E-state index contributed by atoms with van der Waals surface area (Å²) in [4.78, 5) is 41.9. The molecule has 2 N–H and O–H groups in total. The number of likely N-dealkylation sites (N-methyl/N-ethyl adjacent to an activating group) is 1. The molecule has 4 rings (SSSR count). The van der Waals surface area contributed by atoms with Gasteiger partial charge in [-0.05, 0) is 50.0 Å². The molecular formula is C27H25Cl2F3N6O3. The van der Waals surface area contributed by atoms with Crippen LogP contribution in [-0.2, 0) is 17.4 Å². The molecule has 0 saturated heterocycles. The number of carbonyl (C=O) groups excluding carboxylic acids is 1. The number of rotatable bonds is 9. The van der Waals surface area contributed by atoms with E-state index < -0.39 is 28.2 Å². The van der Waals surface area contributed by atoms with Crippen molar-refractivity contribution in [2.75, 3.05) is 44.9 Å². The first-order valence-electron chi connectivity index (χ1n) is 12.2. The van der Waals surface area contributed by atoms with Crippen molar-refractivity contribution in [3.8, 4) is 11.1 Å². The fourth-order valence-electron chi connectivity index (χ4n) is 4.01. The van der Waals surface area contributed by atoms with E-state index in [0.717, 1.165) is 23.4 Å². The molecule has 0 atom stereocenters. The Morgan fingerprint density at radius 1 is 1.07 bits per heavy atom. The monoisotopic (exact) mass is 608 g/mol. The lowest BCUT2D eigenvalue weighted by Crippen LogP contribution is -2.27. The van der Waals surface area contributed by atoms with Crippen LogP contribution >= 0.6 is 23.2 Å². The third-order valence-corrected chi connectivity index (χ3v) is 6.61. The Hall–Kier alpha value is -3.87. The molecule has 0 aliphatic carbocycles. The molecule has 2 aromatic heterocycles. The van der Waals surface area contributed by atoms with Gasteiger partial charge in [0.1, 0.15) is 7.11 Å². The summed E-state index contributed by atoms with van der Waals surface area (Å²) in [7, 11) is 5.22. The van der Waals surface area contributed by atoms with E-state index in [4.69, 9.17) is 28.0 Å². The molecule has 1 amide bonds. The number of halogens is 5. The van der Waals surface area contributed by atoms with Gasteiger partial charge in [-0.15, -0.1) is 4.73 Å². The van der Waals surface area contributed by atoms with E-state index >= 15 is 0 Å². The fraction of sp³-hybridized carbons (Fsp3) is 0.259. The van der Waals surface area contributed by atoms with E-state index in [-0.39, 0.29) is 28.2 Å². The van der Waals surface area contributed by atoms with Crippen LogP contribution in [0.1, 0.15) is 11.1 Å². The zero-order valence-electron chi connectivity index (χ0n) is 22.1. The van der Waals surface area contributed by atoms with Crippen LogP contribution in [0, 0.1) is 0 Å². The Morgan fingerprint density at radius 3 is 2.49 bits per heavy atom. The minimum atomic E-state index is -4.64. The van der Waals surface area contributed by atoms with Crippen molar-refractivity contribution in [2.45, 2.75) is 12.6 Å². The number of amides is 1. The fourth-order valence-corrected chi connectivity index (χ4v) is 4.52. The van der Waals surface area contributed by atoms with Gasteiger partial charge in [-0.3, -0.25) is 9.59 Å². The molecule has 0 spiro atoms. The highest BCUT2D eigenvalue weighted by Crippen LogP contribution is 2.35. The Bertz CT molecular complexity index is 1660. The number of pyridine rings is 1. The Labute approximate surface area is 242 Å². The molecule has 2 heterocycles. The maximum atomic E-state index is 13.3. The lowest BCUT2D eigenvalue weighted by atomic mass is 10.1. The maximum absolute atomic E-state index is 13.3. The first kappa shape index (κ1) is 30.1. The summed E-state index contributed by atoms with van der Waals surface area (Å²) in [5, 5.41) is 5.92. The Morgan fingerprint density at radius 2 is 1.83 bits per heavy atom. The summed E-state index contributed by atoms with van der Waals surface area (Å²) in [5.41, 5.74) is -0.270. The molecule has 0 fully saturated rings. The van der Waals surface area contributed by atoms with Crippen molar-refractivity contribution in [1.82, 2.24) is 19.6 Å². The van der Waals surface area contributed by atoms with E-state index in [1.807, 2.05) is 19.0 Å². The van der Waals surface area contributed by atoms with Gasteiger partial charge in [0.15, 0.2) is 5.65 Å². The van der Waals surface area contributed by atoms with Crippen molar-refractivity contribution in [3.05, 3.63) is 80.2 Å². The van der Waals surface area contributed by atoms with Crippen molar-refractivity contribution in [2.24, 2.45) is 0 Å². The molecule has 2 aromatic carbocycles. The van der Waals surface area contributed by atoms with Gasteiger partial charge >= 0.3 is 6.18 Å². The van der Waals surface area contributed by atoms with Crippen LogP contribution < -0.4 is 21.0 Å². The van der Waals surface area contributed by atoms with Gasteiger partial charge in [-0.25, -0.2) is 4.98 Å². The molecule has 9 nitrogen and oxygen atoms in total. The Kier molecular flexibility index (Phi) is 9.05. The highest BCUT2D eigenvalue weighted by Gasteiger charge is 2.33. The van der Waals surface area contributed by atoms with Gasteiger partial charge in [0.2, 0.25) is 11.9 Å². The third-order valence-electron chi connectivity index (χ3n) is 5.97. The smallest absolute Gasteiger partial charge is 0.412 e. The van der Waals surface area contributed by atoms with Crippen molar-refractivity contribution in [3.63, 3.8) is 0 Å². The minimum Gasteiger partial charge on any atom is -0.412 e. The number of fused-ring (bicyclic) bond motifs is 1. The number of nitrogens with zero attached hydrogens (tertiary/aromatic N) is 4. The number of aromatic nitrogens is 3. The molecule has 4 aromatic rings. The largest absolute Gasteiger partial charge is 0.417 e. The summed E-state index contributed by atoms with van der Waals surface area (Å²) in [6.45, 7) is 1.35. The first-order valence-corrected chi connectivity index (χ1v) is 12.9. The lowest BCUT2D eigenvalue weighted by molar-refractivity contribution is -0.137. The first-order chi connectivity index (χ1) is 19.4. The summed E-state index contributed by atoms with van der Waals surface area (Å²) < 4.78 is 40.5. The second-order valence-electron chi connectivity index (χ2n) is 9.27. The van der Waals surface area contributed by atoms with Crippen molar-refractivity contribution < 1.29 is 22.8 Å². The van der Waals surface area contributed by atoms with Gasteiger partial charge in [0.05, 0.1) is 27.6 Å². The SMILES string of the molecule is COn1c(=O)c(-c2ccc(NC(=O)Cc3ccc(Cl)c(C(F)(F)F)c3)cc2Cl)cc2cnc(NCCN(C)C)nc21. The molecule has 0 aliphatic rings. The molecule has 0 saturated carbocycles. The van der Waals surface area contributed by atoms with Crippen molar-refractivity contribution in [1.29, 1.82) is 0 Å². The zero-order valence-corrected chi connectivity index (χ0v) is 23.7. The van der Waals surface area contributed by atoms with Crippen LogP contribution in [0.15, 0.2) is 53.5 Å². The number of carbonyl (C=O) groups is 1. The Balaban J connectivity index is 1.56. The third kappa shape index (κ3) is 7.07. The summed E-state index contributed by atoms with van der Waals surface area (Å²) >= 11 is 12.1. The topological polar surface area (TPSA) is 101 Å². The molecule has 41 heavy (non-hydrogen) atoms. The van der Waals surface area contributed by atoms with Crippen molar-refractivity contribution >= 4 is 51.8 Å². The second kappa shape index (κ2) is 12.3. The number of hydrogen-bond acceptors (Lipinski definition) is 7. The van der Waals surface area contributed by atoms with Crippen LogP contribution in [-0.4, -0.2) is 59.8 Å². The van der Waals surface area contributed by atoms with Crippen LogP contribution in [0.5, 0.6) is 0 Å². The van der Waals surface area contributed by atoms with Gasteiger partial charge in [-0.1, -0.05) is 35.3 Å². The highest BCUT2D eigenvalue weighted by molar-refractivity contribution is 6.33. The molecule has 216 valence electrons. The zero-order chi connectivity index (χ0) is 29.9. The van der Waals surface area contributed by atoms with E-state index in [0.29, 0.717) is 29.1 Å². The van der Waals surface area contributed by atoms with E-state index in [9.17, 15) is 22.8 Å².